The van der Waals surface area contributed by atoms with E-state index < -0.39 is 0 Å². The first kappa shape index (κ1) is 61.2. The van der Waals surface area contributed by atoms with Gasteiger partial charge in [0.2, 0.25) is 0 Å². The number of hydrogen-bond donors (Lipinski definition) is 0. The van der Waals surface area contributed by atoms with Crippen molar-refractivity contribution in [3.05, 3.63) is 263 Å². The Morgan fingerprint density at radius 1 is 0.308 bits per heavy atom. The first-order valence-electron chi connectivity index (χ1n) is 32.1. The van der Waals surface area contributed by atoms with E-state index in [0.717, 1.165) is 89.4 Å². The fourth-order valence-corrected chi connectivity index (χ4v) is 14.2. The Balaban J connectivity index is 1.12. The Hall–Kier alpha value is -8.67. The normalized spacial score (nSPS) is 12.6. The van der Waals surface area contributed by atoms with Crippen molar-refractivity contribution in [2.75, 3.05) is 9.80 Å². The molecule has 13 aromatic rings. The van der Waals surface area contributed by atoms with Crippen LogP contribution < -0.4 is 9.80 Å². The zero-order valence-electron chi connectivity index (χ0n) is 55.5. The van der Waals surface area contributed by atoms with E-state index in [1.807, 2.05) is 11.3 Å². The topological polar surface area (TPSA) is 19.6 Å². The van der Waals surface area contributed by atoms with Gasteiger partial charge in [-0.2, -0.15) is 0 Å². The lowest BCUT2D eigenvalue weighted by Gasteiger charge is -2.32. The van der Waals surface area contributed by atoms with E-state index in [0.29, 0.717) is 5.02 Å². The van der Waals surface area contributed by atoms with Crippen LogP contribution >= 0.6 is 22.9 Å². The van der Waals surface area contributed by atoms with Gasteiger partial charge in [0.25, 0.3) is 0 Å². The van der Waals surface area contributed by atoms with E-state index in [-0.39, 0.29) is 27.1 Å². The highest BCUT2D eigenvalue weighted by atomic mass is 35.5. The number of nitrogens with zero attached hydrogens (tertiary/aromatic N) is 2. The van der Waals surface area contributed by atoms with E-state index in [1.54, 1.807) is 0 Å². The quantitative estimate of drug-likeness (QED) is 0.136. The van der Waals surface area contributed by atoms with Crippen LogP contribution in [-0.4, -0.2) is 0 Å². The zero-order chi connectivity index (χ0) is 64.1. The molecule has 0 spiro atoms. The van der Waals surface area contributed by atoms with Gasteiger partial charge in [-0.3, -0.25) is 0 Å². The van der Waals surface area contributed by atoms with E-state index in [4.69, 9.17) is 16.0 Å². The molecule has 0 N–H and O–H groups in total. The maximum Gasteiger partial charge on any atom is 0.137 e. The van der Waals surface area contributed by atoms with Crippen molar-refractivity contribution in [3.8, 4) is 44.5 Å². The molecule has 0 aliphatic heterocycles. The Morgan fingerprint density at radius 2 is 0.813 bits per heavy atom. The molecule has 0 atom stereocenters. The van der Waals surface area contributed by atoms with Crippen LogP contribution in [0, 0.1) is 0 Å². The second-order valence-corrected chi connectivity index (χ2v) is 31.7. The third kappa shape index (κ3) is 12.0. The number of para-hydroxylation sites is 1. The fourth-order valence-electron chi connectivity index (χ4n) is 12.8. The second-order valence-electron chi connectivity index (χ2n) is 30.1. The van der Waals surface area contributed by atoms with Crippen molar-refractivity contribution >= 4 is 99.2 Å². The van der Waals surface area contributed by atoms with Crippen molar-refractivity contribution < 1.29 is 4.42 Å². The lowest BCUT2D eigenvalue weighted by molar-refractivity contribution is 0.568. The third-order valence-corrected chi connectivity index (χ3v) is 19.5. The average molecular weight is 1230 g/mol. The molecule has 3 nitrogen and oxygen atoms in total. The molecule has 0 aliphatic rings. The van der Waals surface area contributed by atoms with Crippen molar-refractivity contribution in [1.82, 2.24) is 0 Å². The van der Waals surface area contributed by atoms with Gasteiger partial charge in [-0.1, -0.05) is 267 Å². The zero-order valence-corrected chi connectivity index (χ0v) is 57.1. The average Bonchev–Trinajstić information content (AvgIpc) is 1.70. The molecule has 0 amide bonds. The molecule has 0 aliphatic carbocycles. The minimum Gasteiger partial charge on any atom is -0.456 e. The molecule has 91 heavy (non-hydrogen) atoms. The summed E-state index contributed by atoms with van der Waals surface area (Å²) in [5, 5.41) is 5.05. The van der Waals surface area contributed by atoms with Gasteiger partial charge >= 0.3 is 0 Å². The summed E-state index contributed by atoms with van der Waals surface area (Å²) in [4.78, 5) is 4.92. The van der Waals surface area contributed by atoms with E-state index >= 15 is 0 Å². The van der Waals surface area contributed by atoms with Gasteiger partial charge in [-0.05, 0) is 173 Å². The van der Waals surface area contributed by atoms with Gasteiger partial charge in [0.05, 0.1) is 16.8 Å². The lowest BCUT2D eigenvalue weighted by atomic mass is 9.79. The molecule has 13 rings (SSSR count). The predicted octanol–water partition coefficient (Wildman–Crippen LogP) is 26.7. The number of rotatable bonds is 10. The molecule has 2 heterocycles. The highest BCUT2D eigenvalue weighted by Crippen LogP contribution is 2.53. The van der Waals surface area contributed by atoms with Gasteiger partial charge in [0, 0.05) is 58.9 Å². The van der Waals surface area contributed by atoms with Crippen LogP contribution in [0.5, 0.6) is 0 Å². The van der Waals surface area contributed by atoms with E-state index in [2.05, 4.69) is 344 Å². The molecule has 5 heteroatoms. The van der Waals surface area contributed by atoms with Crippen LogP contribution in [0.2, 0.25) is 5.02 Å². The van der Waals surface area contributed by atoms with Crippen LogP contribution in [0.25, 0.3) is 86.6 Å². The van der Waals surface area contributed by atoms with Crippen LogP contribution in [-0.2, 0) is 27.1 Å². The number of benzene rings is 11. The Morgan fingerprint density at radius 3 is 1.44 bits per heavy atom. The van der Waals surface area contributed by atoms with Crippen molar-refractivity contribution in [3.63, 3.8) is 0 Å². The summed E-state index contributed by atoms with van der Waals surface area (Å²) in [5.41, 5.74) is 22.8. The molecule has 0 fully saturated rings. The summed E-state index contributed by atoms with van der Waals surface area (Å²) in [6.45, 7) is 34.6. The number of furan rings is 1. The van der Waals surface area contributed by atoms with Crippen molar-refractivity contribution in [1.29, 1.82) is 0 Å². The predicted molar refractivity (Wildman–Crippen MR) is 396 cm³/mol. The standard InChI is InChI=1S/C86H83ClN2OS/c1-82(2,3)61-29-23-28-57(41-61)71-39-40-76-80(72-31-19-21-33-75(72)90-76)81(71)89(67-37-35-55(36-38-67)58-42-62(83(4,5)6)49-63(43-58)84(7,8)9)70-52-66(87)51-69(53-70)88(68-30-24-27-56(46-68)59-44-64(85(10,11)12)50-65(45-59)86(13,14)15)74-47-60(54-25-17-16-18-26-54)48-78-79(74)73-32-20-22-34-77(73)91-78/h16-53H,1-15H3. The molecule has 0 unspecified atom stereocenters. The Labute approximate surface area is 548 Å². The van der Waals surface area contributed by atoms with Crippen LogP contribution in [0.3, 0.4) is 0 Å². The molecule has 0 saturated carbocycles. The van der Waals surface area contributed by atoms with Gasteiger partial charge in [-0.15, -0.1) is 11.3 Å². The Bertz CT molecular complexity index is 4850. The molecule has 0 saturated heterocycles. The first-order valence-corrected chi connectivity index (χ1v) is 33.3. The van der Waals surface area contributed by atoms with E-state index in [1.165, 1.54) is 59.1 Å². The highest BCUT2D eigenvalue weighted by molar-refractivity contribution is 7.26. The summed E-state index contributed by atoms with van der Waals surface area (Å²) in [6, 6.07) is 85.9. The summed E-state index contributed by atoms with van der Waals surface area (Å²) in [5.74, 6) is 0. The van der Waals surface area contributed by atoms with Crippen molar-refractivity contribution in [2.45, 2.75) is 131 Å². The number of thiophene rings is 1. The minimum atomic E-state index is -0.0980. The summed E-state index contributed by atoms with van der Waals surface area (Å²) < 4.78 is 9.33. The number of hydrogen-bond acceptors (Lipinski definition) is 4. The van der Waals surface area contributed by atoms with E-state index in [9.17, 15) is 0 Å². The van der Waals surface area contributed by atoms with Gasteiger partial charge in [0.1, 0.15) is 11.2 Å². The molecule has 2 aromatic heterocycles. The lowest BCUT2D eigenvalue weighted by Crippen LogP contribution is -2.16. The molecule has 0 bridgehead atoms. The molecule has 456 valence electrons. The van der Waals surface area contributed by atoms with Gasteiger partial charge in [0.15, 0.2) is 0 Å². The summed E-state index contributed by atoms with van der Waals surface area (Å²) in [7, 11) is 0. The Kier molecular flexibility index (Phi) is 15.4. The maximum absolute atomic E-state index is 7.91. The van der Waals surface area contributed by atoms with Crippen LogP contribution in [0.15, 0.2) is 235 Å². The van der Waals surface area contributed by atoms with Crippen LogP contribution in [0.1, 0.15) is 132 Å². The minimum absolute atomic E-state index is 0.0444. The van der Waals surface area contributed by atoms with Crippen LogP contribution in [0.4, 0.5) is 34.1 Å². The van der Waals surface area contributed by atoms with Crippen molar-refractivity contribution in [2.24, 2.45) is 0 Å². The molecule has 11 aromatic carbocycles. The monoisotopic (exact) mass is 1230 g/mol. The highest BCUT2D eigenvalue weighted by Gasteiger charge is 2.30. The number of fused-ring (bicyclic) bond motifs is 6. The molecular weight excluding hydrogens is 1140 g/mol. The van der Waals surface area contributed by atoms with Gasteiger partial charge in [-0.25, -0.2) is 0 Å². The number of anilines is 6. The SMILES string of the molecule is CC(C)(C)c1cccc(-c2ccc3oc4ccccc4c3c2N(c2ccc(-c3cc(C(C)(C)C)cc(C(C)(C)C)c3)cc2)c2cc(Cl)cc(N(c3cccc(-c4cc(C(C)(C)C)cc(C(C)(C)C)c4)c3)c3cc(-c4ccccc4)cc4sc5ccccc5c34)c2)c1. The smallest absolute Gasteiger partial charge is 0.137 e. The largest absolute Gasteiger partial charge is 0.456 e. The third-order valence-electron chi connectivity index (χ3n) is 18.2. The first-order chi connectivity index (χ1) is 43.1. The number of halogens is 1. The fraction of sp³-hybridized carbons (Fsp3) is 0.233. The summed E-state index contributed by atoms with van der Waals surface area (Å²) >= 11 is 9.76. The molecule has 0 radical (unpaired) electrons. The molecular formula is C86H83ClN2OS. The maximum atomic E-state index is 7.91. The second kappa shape index (κ2) is 22.9. The van der Waals surface area contributed by atoms with Gasteiger partial charge < -0.3 is 14.2 Å². The summed E-state index contributed by atoms with van der Waals surface area (Å²) in [6.07, 6.45) is 0.